The first-order chi connectivity index (χ1) is 14.0. The van der Waals surface area contributed by atoms with Crippen LogP contribution in [-0.2, 0) is 9.59 Å². The number of hydrogen-bond donors (Lipinski definition) is 1. The van der Waals surface area contributed by atoms with Gasteiger partial charge in [-0.2, -0.15) is 0 Å². The van der Waals surface area contributed by atoms with E-state index in [9.17, 15) is 14.7 Å². The highest BCUT2D eigenvalue weighted by Crippen LogP contribution is 2.42. The predicted octanol–water partition coefficient (Wildman–Crippen LogP) is 3.62. The highest BCUT2D eigenvalue weighted by molar-refractivity contribution is 6.51. The van der Waals surface area contributed by atoms with Crippen LogP contribution in [0.3, 0.4) is 0 Å². The second kappa shape index (κ2) is 7.27. The van der Waals surface area contributed by atoms with Gasteiger partial charge in [-0.25, -0.2) is 0 Å². The Bertz CT molecular complexity index is 1120. The number of aliphatic hydroxyl groups is 1. The molecule has 29 heavy (non-hydrogen) atoms. The van der Waals surface area contributed by atoms with Gasteiger partial charge < -0.3 is 14.4 Å². The molecular weight excluding hydrogens is 372 g/mol. The maximum Gasteiger partial charge on any atom is 0.301 e. The number of rotatable bonds is 4. The smallest absolute Gasteiger partial charge is 0.301 e. The van der Waals surface area contributed by atoms with Crippen LogP contribution in [0.25, 0.3) is 5.76 Å². The number of ether oxygens (including phenoxy) is 1. The molecule has 1 amide bonds. The lowest BCUT2D eigenvalue weighted by molar-refractivity contribution is -0.132. The lowest BCUT2D eigenvalue weighted by Gasteiger charge is -2.22. The number of aliphatic hydroxyl groups excluding tert-OH is 1. The molecule has 7 heteroatoms. The first-order valence-corrected chi connectivity index (χ1v) is 8.95. The quantitative estimate of drug-likeness (QED) is 0.416. The third kappa shape index (κ3) is 3.16. The summed E-state index contributed by atoms with van der Waals surface area (Å²) < 4.78 is 10.3. The number of aryl methyl sites for hydroxylation is 1. The molecule has 1 atom stereocenters. The van der Waals surface area contributed by atoms with Gasteiger partial charge in [-0.1, -0.05) is 47.6 Å². The summed E-state index contributed by atoms with van der Waals surface area (Å²) in [7, 11) is 1.51. The van der Waals surface area contributed by atoms with Crippen LogP contribution in [0.5, 0.6) is 5.75 Å². The number of benzene rings is 2. The Balaban J connectivity index is 1.93. The summed E-state index contributed by atoms with van der Waals surface area (Å²) in [6.45, 7) is 1.70. The molecule has 1 aliphatic heterocycles. The normalized spacial score (nSPS) is 18.3. The summed E-state index contributed by atoms with van der Waals surface area (Å²) >= 11 is 0. The lowest BCUT2D eigenvalue weighted by Crippen LogP contribution is -2.29. The van der Waals surface area contributed by atoms with Gasteiger partial charge >= 0.3 is 5.91 Å². The Morgan fingerprint density at radius 2 is 1.86 bits per heavy atom. The molecule has 0 unspecified atom stereocenters. The minimum atomic E-state index is -0.841. The van der Waals surface area contributed by atoms with Gasteiger partial charge in [-0.3, -0.25) is 14.5 Å². The van der Waals surface area contributed by atoms with Crippen molar-refractivity contribution in [2.45, 2.75) is 13.0 Å². The maximum atomic E-state index is 13.0. The van der Waals surface area contributed by atoms with Crippen molar-refractivity contribution in [2.75, 3.05) is 12.0 Å². The monoisotopic (exact) mass is 390 g/mol. The molecular formula is C22H18N2O5. The summed E-state index contributed by atoms with van der Waals surface area (Å²) in [5.74, 6) is -0.619. The van der Waals surface area contributed by atoms with E-state index < -0.39 is 17.7 Å². The van der Waals surface area contributed by atoms with Gasteiger partial charge in [0, 0.05) is 11.6 Å². The Morgan fingerprint density at radius 3 is 2.52 bits per heavy atom. The van der Waals surface area contributed by atoms with Crippen LogP contribution in [0.15, 0.2) is 70.8 Å². The van der Waals surface area contributed by atoms with E-state index in [2.05, 4.69) is 5.16 Å². The SMILES string of the molecule is COc1cccc(C(O)=C2C(=O)C(=O)N(c3cc(C)on3)[C@H]2c2ccccc2)c1. The first kappa shape index (κ1) is 18.5. The summed E-state index contributed by atoms with van der Waals surface area (Å²) in [4.78, 5) is 27.1. The molecule has 7 nitrogen and oxygen atoms in total. The van der Waals surface area contributed by atoms with Crippen molar-refractivity contribution < 1.29 is 24.0 Å². The van der Waals surface area contributed by atoms with Gasteiger partial charge in [-0.05, 0) is 24.6 Å². The Hall–Kier alpha value is -3.87. The molecule has 0 saturated carbocycles. The van der Waals surface area contributed by atoms with Gasteiger partial charge in [0.05, 0.1) is 18.7 Å². The fraction of sp³-hybridized carbons (Fsp3) is 0.136. The Kier molecular flexibility index (Phi) is 4.64. The van der Waals surface area contributed by atoms with Crippen LogP contribution in [0.1, 0.15) is 22.9 Å². The molecule has 1 fully saturated rings. The van der Waals surface area contributed by atoms with E-state index >= 15 is 0 Å². The van der Waals surface area contributed by atoms with Gasteiger partial charge in [0.15, 0.2) is 5.82 Å². The number of methoxy groups -OCH3 is 1. The van der Waals surface area contributed by atoms with E-state index in [4.69, 9.17) is 9.26 Å². The molecule has 1 saturated heterocycles. The van der Waals surface area contributed by atoms with Gasteiger partial charge in [0.25, 0.3) is 5.78 Å². The van der Waals surface area contributed by atoms with Crippen molar-refractivity contribution in [3.8, 4) is 5.75 Å². The average Bonchev–Trinajstić information content (AvgIpc) is 3.29. The van der Waals surface area contributed by atoms with Crippen LogP contribution in [0.4, 0.5) is 5.82 Å². The van der Waals surface area contributed by atoms with Gasteiger partial charge in [0.1, 0.15) is 17.3 Å². The number of Topliss-reactive ketones (excluding diaryl/α,β-unsaturated/α-hetero) is 1. The number of nitrogens with zero attached hydrogens (tertiary/aromatic N) is 2. The molecule has 2 aromatic carbocycles. The summed E-state index contributed by atoms with van der Waals surface area (Å²) in [6.07, 6.45) is 0. The Labute approximate surface area is 166 Å². The molecule has 0 aliphatic carbocycles. The topological polar surface area (TPSA) is 92.9 Å². The minimum absolute atomic E-state index is 0.0184. The zero-order chi connectivity index (χ0) is 20.5. The highest BCUT2D eigenvalue weighted by atomic mass is 16.5. The first-order valence-electron chi connectivity index (χ1n) is 8.95. The third-order valence-electron chi connectivity index (χ3n) is 4.77. The van der Waals surface area contributed by atoms with E-state index in [1.807, 2.05) is 6.07 Å². The van der Waals surface area contributed by atoms with Crippen molar-refractivity contribution in [3.05, 3.63) is 83.1 Å². The van der Waals surface area contributed by atoms with Crippen molar-refractivity contribution in [3.63, 3.8) is 0 Å². The highest BCUT2D eigenvalue weighted by Gasteiger charge is 2.48. The number of hydrogen-bond acceptors (Lipinski definition) is 6. The summed E-state index contributed by atoms with van der Waals surface area (Å²) in [5.41, 5.74) is 1.02. The number of aromatic nitrogens is 1. The number of amides is 1. The van der Waals surface area contributed by atoms with Crippen molar-refractivity contribution in [1.82, 2.24) is 5.16 Å². The summed E-state index contributed by atoms with van der Waals surface area (Å²) in [6, 6.07) is 16.4. The molecule has 2 heterocycles. The molecule has 0 bridgehead atoms. The largest absolute Gasteiger partial charge is 0.507 e. The van der Waals surface area contributed by atoms with Crippen LogP contribution in [0.2, 0.25) is 0 Å². The lowest BCUT2D eigenvalue weighted by atomic mass is 9.95. The molecule has 0 spiro atoms. The van der Waals surface area contributed by atoms with E-state index in [0.29, 0.717) is 22.6 Å². The zero-order valence-electron chi connectivity index (χ0n) is 15.8. The minimum Gasteiger partial charge on any atom is -0.507 e. The third-order valence-corrected chi connectivity index (χ3v) is 4.77. The van der Waals surface area contributed by atoms with Crippen molar-refractivity contribution >= 4 is 23.3 Å². The molecule has 0 radical (unpaired) electrons. The van der Waals surface area contributed by atoms with Gasteiger partial charge in [-0.15, -0.1) is 0 Å². The molecule has 1 aromatic heterocycles. The van der Waals surface area contributed by atoms with E-state index in [1.165, 1.54) is 12.0 Å². The molecule has 146 valence electrons. The number of carbonyl (C=O) groups excluding carboxylic acids is 2. The van der Waals surface area contributed by atoms with Crippen molar-refractivity contribution in [1.29, 1.82) is 0 Å². The van der Waals surface area contributed by atoms with Crippen LogP contribution in [-0.4, -0.2) is 29.1 Å². The number of carbonyl (C=O) groups is 2. The Morgan fingerprint density at radius 1 is 1.10 bits per heavy atom. The van der Waals surface area contributed by atoms with E-state index in [1.54, 1.807) is 61.5 Å². The fourth-order valence-electron chi connectivity index (χ4n) is 3.41. The zero-order valence-corrected chi connectivity index (χ0v) is 15.8. The van der Waals surface area contributed by atoms with Crippen LogP contribution in [0, 0.1) is 6.92 Å². The number of ketones is 1. The standard InChI is InChI=1S/C22H18N2O5/c1-13-11-17(23-29-13)24-19(14-7-4-3-5-8-14)18(21(26)22(24)27)20(25)15-9-6-10-16(12-15)28-2/h3-12,19,25H,1-2H3/t19-/m0/s1. The second-order valence-corrected chi connectivity index (χ2v) is 6.61. The van der Waals surface area contributed by atoms with Crippen LogP contribution < -0.4 is 9.64 Å². The maximum absolute atomic E-state index is 13.0. The van der Waals surface area contributed by atoms with Crippen LogP contribution >= 0.6 is 0 Å². The molecule has 1 N–H and O–H groups in total. The van der Waals surface area contributed by atoms with E-state index in [0.717, 1.165) is 0 Å². The van der Waals surface area contributed by atoms with Crippen molar-refractivity contribution in [2.24, 2.45) is 0 Å². The number of anilines is 1. The molecule has 4 rings (SSSR count). The molecule has 3 aromatic rings. The van der Waals surface area contributed by atoms with E-state index in [-0.39, 0.29) is 17.2 Å². The summed E-state index contributed by atoms with van der Waals surface area (Å²) in [5, 5.41) is 14.9. The fourth-order valence-corrected chi connectivity index (χ4v) is 3.41. The van der Waals surface area contributed by atoms with Gasteiger partial charge in [0.2, 0.25) is 0 Å². The predicted molar refractivity (Wildman–Crippen MR) is 105 cm³/mol. The average molecular weight is 390 g/mol. The molecule has 1 aliphatic rings. The second-order valence-electron chi connectivity index (χ2n) is 6.61.